The zero-order valence-corrected chi connectivity index (χ0v) is 20.1. The molecule has 0 fully saturated rings. The minimum atomic E-state index is 0. The average Bonchev–Trinajstić information content (AvgIpc) is 3.15. The molecule has 2 heterocycles. The number of fused-ring (bicyclic) bond motifs is 3. The number of carbonyl (C=O) groups is 1. The minimum Gasteiger partial charge on any atom is -0.497 e. The van der Waals surface area contributed by atoms with Gasteiger partial charge in [-0.15, -0.1) is 23.7 Å². The predicted molar refractivity (Wildman–Crippen MR) is 135 cm³/mol. The number of halogens is 1. The van der Waals surface area contributed by atoms with Gasteiger partial charge in [-0.3, -0.25) is 4.79 Å². The Hall–Kier alpha value is -2.69. The summed E-state index contributed by atoms with van der Waals surface area (Å²) in [5.74, 6) is 1.53. The summed E-state index contributed by atoms with van der Waals surface area (Å²) in [6.45, 7) is 4.28. The number of nitrogens with zero attached hydrogens (tertiary/aromatic N) is 1. The van der Waals surface area contributed by atoms with Crippen LogP contribution in [0.5, 0.6) is 5.75 Å². The molecule has 2 aromatic carbocycles. The summed E-state index contributed by atoms with van der Waals surface area (Å²) in [5.41, 5.74) is 5.64. The van der Waals surface area contributed by atoms with E-state index in [1.165, 1.54) is 22.2 Å². The van der Waals surface area contributed by atoms with Crippen molar-refractivity contribution in [3.05, 3.63) is 81.9 Å². The lowest BCUT2D eigenvalue weighted by Crippen LogP contribution is -2.10. The Labute approximate surface area is 198 Å². The van der Waals surface area contributed by atoms with Crippen molar-refractivity contribution in [1.29, 1.82) is 0 Å². The zero-order valence-electron chi connectivity index (χ0n) is 18.5. The van der Waals surface area contributed by atoms with E-state index in [9.17, 15) is 4.79 Å². The topological polar surface area (TPSA) is 39.2 Å². The molecule has 4 aromatic rings. The van der Waals surface area contributed by atoms with Crippen LogP contribution in [0, 0.1) is 12.8 Å². The second kappa shape index (κ2) is 9.05. The van der Waals surface area contributed by atoms with Gasteiger partial charge < -0.3 is 4.74 Å². The summed E-state index contributed by atoms with van der Waals surface area (Å²) < 4.78 is 5.37. The van der Waals surface area contributed by atoms with Crippen LogP contribution in [0.3, 0.4) is 0 Å². The number of carbonyl (C=O) groups excluding carboxylic acids is 1. The van der Waals surface area contributed by atoms with Crippen molar-refractivity contribution in [3.63, 3.8) is 0 Å². The average molecular weight is 464 g/mol. The van der Waals surface area contributed by atoms with E-state index in [1.54, 1.807) is 18.4 Å². The molecule has 0 spiro atoms. The highest BCUT2D eigenvalue weighted by Gasteiger charge is 2.28. The van der Waals surface area contributed by atoms with E-state index < -0.39 is 0 Å². The molecule has 0 bridgehead atoms. The molecular formula is C27H26ClNO2S. The third-order valence-corrected chi connectivity index (χ3v) is 7.41. The second-order valence-corrected chi connectivity index (χ2v) is 9.49. The largest absolute Gasteiger partial charge is 0.497 e. The lowest BCUT2D eigenvalue weighted by atomic mass is 9.85. The highest BCUT2D eigenvalue weighted by atomic mass is 35.5. The zero-order chi connectivity index (χ0) is 21.5. The maximum absolute atomic E-state index is 13.7. The highest BCUT2D eigenvalue weighted by molar-refractivity contribution is 7.19. The first-order valence-electron chi connectivity index (χ1n) is 10.8. The molecular weight excluding hydrogens is 438 g/mol. The number of hydrogen-bond donors (Lipinski definition) is 0. The van der Waals surface area contributed by atoms with Crippen LogP contribution in [0.4, 0.5) is 0 Å². The monoisotopic (exact) mass is 463 g/mol. The fourth-order valence-electron chi connectivity index (χ4n) is 4.65. The molecule has 0 saturated carbocycles. The van der Waals surface area contributed by atoms with E-state index >= 15 is 0 Å². The number of aromatic nitrogens is 1. The number of pyridine rings is 1. The molecule has 0 radical (unpaired) electrons. The van der Waals surface area contributed by atoms with Crippen molar-refractivity contribution in [2.75, 3.05) is 7.11 Å². The van der Waals surface area contributed by atoms with Crippen LogP contribution in [-0.4, -0.2) is 17.9 Å². The van der Waals surface area contributed by atoms with Crippen LogP contribution in [-0.2, 0) is 12.8 Å². The molecule has 0 N–H and O–H groups in total. The van der Waals surface area contributed by atoms with Crippen molar-refractivity contribution >= 4 is 39.7 Å². The van der Waals surface area contributed by atoms with Gasteiger partial charge in [-0.2, -0.15) is 0 Å². The molecule has 1 unspecified atom stereocenters. The van der Waals surface area contributed by atoms with Gasteiger partial charge in [-0.1, -0.05) is 49.4 Å². The molecule has 1 aliphatic carbocycles. The van der Waals surface area contributed by atoms with Gasteiger partial charge in [0.1, 0.15) is 10.6 Å². The molecule has 1 aliphatic rings. The van der Waals surface area contributed by atoms with Crippen LogP contribution in [0.25, 0.3) is 21.3 Å². The van der Waals surface area contributed by atoms with Crippen LogP contribution >= 0.6 is 23.7 Å². The Morgan fingerprint density at radius 3 is 2.50 bits per heavy atom. The van der Waals surface area contributed by atoms with E-state index in [2.05, 4.69) is 19.1 Å². The Kier molecular flexibility index (Phi) is 6.36. The molecule has 5 rings (SSSR count). The summed E-state index contributed by atoms with van der Waals surface area (Å²) >= 11 is 1.80. The molecule has 1 atom stereocenters. The van der Waals surface area contributed by atoms with Crippen molar-refractivity contribution in [2.24, 2.45) is 5.92 Å². The maximum Gasteiger partial charge on any atom is 0.195 e. The van der Waals surface area contributed by atoms with Gasteiger partial charge in [0.25, 0.3) is 0 Å². The summed E-state index contributed by atoms with van der Waals surface area (Å²) in [7, 11) is 1.67. The lowest BCUT2D eigenvalue weighted by molar-refractivity contribution is 0.103. The number of methoxy groups -OCH3 is 1. The molecule has 0 saturated heterocycles. The molecule has 5 heteroatoms. The SMILES string of the molecule is COc1ccc(-c2c(C(=O)c3ccccc3)c(C)nc3sc4c(c23)CCC(C)C4)cc1.Cl. The van der Waals surface area contributed by atoms with E-state index in [0.717, 1.165) is 40.2 Å². The van der Waals surface area contributed by atoms with Gasteiger partial charge in [-0.05, 0) is 55.4 Å². The molecule has 0 amide bonds. The highest BCUT2D eigenvalue weighted by Crippen LogP contribution is 2.44. The molecule has 0 aliphatic heterocycles. The number of aryl methyl sites for hydroxylation is 2. The van der Waals surface area contributed by atoms with Gasteiger partial charge in [-0.25, -0.2) is 4.98 Å². The van der Waals surface area contributed by atoms with E-state index in [4.69, 9.17) is 9.72 Å². The quantitative estimate of drug-likeness (QED) is 0.304. The summed E-state index contributed by atoms with van der Waals surface area (Å²) in [6.07, 6.45) is 3.32. The van der Waals surface area contributed by atoms with Crippen LogP contribution in [0.2, 0.25) is 0 Å². The molecule has 2 aromatic heterocycles. The van der Waals surface area contributed by atoms with Gasteiger partial charge in [0, 0.05) is 21.4 Å². The number of ketones is 1. The molecule has 32 heavy (non-hydrogen) atoms. The van der Waals surface area contributed by atoms with E-state index in [1.807, 2.05) is 49.4 Å². The Bertz CT molecular complexity index is 1280. The van der Waals surface area contributed by atoms with Gasteiger partial charge >= 0.3 is 0 Å². The maximum atomic E-state index is 13.7. The number of rotatable bonds is 4. The predicted octanol–water partition coefficient (Wildman–Crippen LogP) is 7.06. The van der Waals surface area contributed by atoms with Crippen molar-refractivity contribution in [2.45, 2.75) is 33.1 Å². The van der Waals surface area contributed by atoms with Gasteiger partial charge in [0.05, 0.1) is 18.4 Å². The van der Waals surface area contributed by atoms with E-state index in [-0.39, 0.29) is 18.2 Å². The van der Waals surface area contributed by atoms with Gasteiger partial charge in [0.2, 0.25) is 0 Å². The first-order chi connectivity index (χ1) is 15.1. The van der Waals surface area contributed by atoms with Crippen LogP contribution < -0.4 is 4.74 Å². The van der Waals surface area contributed by atoms with Crippen molar-refractivity contribution in [1.82, 2.24) is 4.98 Å². The minimum absolute atomic E-state index is 0. The standard InChI is InChI=1S/C27H25NO2S.ClH/c1-16-9-14-21-22(15-16)31-27-25(21)24(18-10-12-20(30-3)13-11-18)23(17(2)28-27)26(29)19-7-5-4-6-8-19;/h4-8,10-13,16H,9,14-15H2,1-3H3;1H. The smallest absolute Gasteiger partial charge is 0.195 e. The van der Waals surface area contributed by atoms with E-state index in [0.29, 0.717) is 17.0 Å². The molecule has 3 nitrogen and oxygen atoms in total. The Morgan fingerprint density at radius 1 is 1.09 bits per heavy atom. The number of thiophene rings is 1. The Morgan fingerprint density at radius 2 is 1.81 bits per heavy atom. The third kappa shape index (κ3) is 3.82. The summed E-state index contributed by atoms with van der Waals surface area (Å²) in [4.78, 5) is 21.1. The first-order valence-corrected chi connectivity index (χ1v) is 11.6. The van der Waals surface area contributed by atoms with Crippen LogP contribution in [0.1, 0.15) is 45.4 Å². The summed E-state index contributed by atoms with van der Waals surface area (Å²) in [6, 6.07) is 17.6. The number of ether oxygens (including phenoxy) is 1. The van der Waals surface area contributed by atoms with Crippen molar-refractivity contribution < 1.29 is 9.53 Å². The number of benzene rings is 2. The normalized spacial score (nSPS) is 15.2. The molecule has 164 valence electrons. The van der Waals surface area contributed by atoms with Gasteiger partial charge in [0.15, 0.2) is 5.78 Å². The second-order valence-electron chi connectivity index (χ2n) is 8.40. The summed E-state index contributed by atoms with van der Waals surface area (Å²) in [5, 5.41) is 1.17. The fourth-order valence-corrected chi connectivity index (χ4v) is 6.08. The number of hydrogen-bond acceptors (Lipinski definition) is 4. The third-order valence-electron chi connectivity index (χ3n) is 6.27. The first kappa shape index (κ1) is 22.5. The lowest BCUT2D eigenvalue weighted by Gasteiger charge is -2.20. The Balaban J connectivity index is 0.00000245. The fraction of sp³-hybridized carbons (Fsp3) is 0.259. The van der Waals surface area contributed by atoms with Crippen molar-refractivity contribution in [3.8, 4) is 16.9 Å². The van der Waals surface area contributed by atoms with Crippen LogP contribution in [0.15, 0.2) is 54.6 Å².